The van der Waals surface area contributed by atoms with E-state index in [1.54, 1.807) is 20.8 Å². The molecule has 106 valence electrons. The van der Waals surface area contributed by atoms with Gasteiger partial charge in [-0.2, -0.15) is 13.2 Å². The number of alkyl halides is 3. The largest absolute Gasteiger partial charge is 0.465 e. The zero-order chi connectivity index (χ0) is 15.0. The fraction of sp³-hybridized carbons (Fsp3) is 0.455. The van der Waals surface area contributed by atoms with E-state index in [1.165, 1.54) is 0 Å². The number of hydrogen-bond acceptors (Lipinski definition) is 2. The highest BCUT2D eigenvalue weighted by Crippen LogP contribution is 2.36. The average molecular weight is 297 g/mol. The fourth-order valence-electron chi connectivity index (χ4n) is 1.54. The minimum Gasteiger partial charge on any atom is -0.465 e. The molecule has 1 amide bonds. The van der Waals surface area contributed by atoms with Crippen molar-refractivity contribution in [3.63, 3.8) is 0 Å². The molecule has 0 aliphatic heterocycles. The lowest BCUT2D eigenvalue weighted by atomic mass is 10.1. The van der Waals surface area contributed by atoms with Crippen molar-refractivity contribution in [2.24, 2.45) is 0 Å². The maximum absolute atomic E-state index is 12.7. The maximum Gasteiger partial charge on any atom is 0.419 e. The lowest BCUT2D eigenvalue weighted by molar-refractivity contribution is -0.137. The lowest BCUT2D eigenvalue weighted by Crippen LogP contribution is -2.45. The molecule has 0 aromatic carbocycles. The van der Waals surface area contributed by atoms with Crippen LogP contribution in [0.1, 0.15) is 26.3 Å². The number of carboxylic acid groups (broad SMARTS) is 1. The van der Waals surface area contributed by atoms with E-state index in [9.17, 15) is 18.0 Å². The van der Waals surface area contributed by atoms with Crippen LogP contribution < -0.4 is 4.90 Å². The number of carbonyl (C=O) groups is 1. The zero-order valence-electron chi connectivity index (χ0n) is 10.4. The Balaban J connectivity index is 3.39. The number of pyridine rings is 1. The molecule has 1 aromatic heterocycles. The summed E-state index contributed by atoms with van der Waals surface area (Å²) in [6.45, 7) is 4.68. The third-order valence-corrected chi connectivity index (χ3v) is 2.55. The Kier molecular flexibility index (Phi) is 4.00. The van der Waals surface area contributed by atoms with Crippen LogP contribution in [0, 0.1) is 0 Å². The van der Waals surface area contributed by atoms with E-state index in [0.717, 1.165) is 11.1 Å². The standard InChI is InChI=1S/C11H12ClF3N2O2/c1-10(2,3)17(9(18)19)6-4-7(11(13,14)15)8(12)16-5-6/h4-5H,1-3H3,(H,18,19). The number of aromatic nitrogens is 1. The van der Waals surface area contributed by atoms with Crippen molar-refractivity contribution in [1.82, 2.24) is 4.98 Å². The minimum atomic E-state index is -4.69. The summed E-state index contributed by atoms with van der Waals surface area (Å²) in [5.74, 6) is 0. The number of rotatable bonds is 1. The molecule has 0 radical (unpaired) electrons. The average Bonchev–Trinajstić information content (AvgIpc) is 2.16. The van der Waals surface area contributed by atoms with E-state index in [4.69, 9.17) is 16.7 Å². The molecule has 0 fully saturated rings. The first-order chi connectivity index (χ1) is 8.44. The molecule has 1 N–H and O–H groups in total. The van der Waals surface area contributed by atoms with E-state index in [-0.39, 0.29) is 5.69 Å². The fourth-order valence-corrected chi connectivity index (χ4v) is 1.75. The first-order valence-electron chi connectivity index (χ1n) is 5.20. The minimum absolute atomic E-state index is 0.184. The Hall–Kier alpha value is -1.50. The molecule has 0 aliphatic carbocycles. The summed E-state index contributed by atoms with van der Waals surface area (Å²) in [7, 11) is 0. The summed E-state index contributed by atoms with van der Waals surface area (Å²) in [6.07, 6.45) is -5.07. The zero-order valence-corrected chi connectivity index (χ0v) is 11.2. The van der Waals surface area contributed by atoms with E-state index < -0.39 is 28.5 Å². The van der Waals surface area contributed by atoms with Crippen LogP contribution in [0.2, 0.25) is 5.15 Å². The second-order valence-electron chi connectivity index (χ2n) is 4.82. The van der Waals surface area contributed by atoms with Crippen molar-refractivity contribution in [1.29, 1.82) is 0 Å². The molecule has 8 heteroatoms. The summed E-state index contributed by atoms with van der Waals surface area (Å²) in [5.41, 5.74) is -2.26. The Labute approximate surface area is 112 Å². The molecule has 0 saturated heterocycles. The van der Waals surface area contributed by atoms with Crippen LogP contribution in [0.15, 0.2) is 12.3 Å². The van der Waals surface area contributed by atoms with Crippen LogP contribution in [0.3, 0.4) is 0 Å². The number of anilines is 1. The quantitative estimate of drug-likeness (QED) is 0.796. The highest BCUT2D eigenvalue weighted by Gasteiger charge is 2.36. The van der Waals surface area contributed by atoms with Gasteiger partial charge in [0.2, 0.25) is 0 Å². The molecular weight excluding hydrogens is 285 g/mol. The Bertz CT molecular complexity index is 498. The first kappa shape index (κ1) is 15.6. The third-order valence-electron chi connectivity index (χ3n) is 2.25. The number of nitrogens with zero attached hydrogens (tertiary/aromatic N) is 2. The third kappa shape index (κ3) is 3.50. The molecule has 0 atom stereocenters. The van der Waals surface area contributed by atoms with Crippen molar-refractivity contribution in [2.75, 3.05) is 4.90 Å². The maximum atomic E-state index is 12.7. The Morgan fingerprint density at radius 3 is 2.26 bits per heavy atom. The van der Waals surface area contributed by atoms with Crippen LogP contribution in [0.4, 0.5) is 23.7 Å². The molecule has 1 aromatic rings. The van der Waals surface area contributed by atoms with Gasteiger partial charge in [-0.3, -0.25) is 4.90 Å². The van der Waals surface area contributed by atoms with Gasteiger partial charge in [0.05, 0.1) is 17.4 Å². The summed E-state index contributed by atoms with van der Waals surface area (Å²) >= 11 is 5.38. The SMILES string of the molecule is CC(C)(C)N(C(=O)O)c1cnc(Cl)c(C(F)(F)F)c1. The number of hydrogen-bond donors (Lipinski definition) is 1. The van der Waals surface area contributed by atoms with Gasteiger partial charge in [0.15, 0.2) is 0 Å². The van der Waals surface area contributed by atoms with Gasteiger partial charge in [-0.1, -0.05) is 11.6 Å². The van der Waals surface area contributed by atoms with Crippen molar-refractivity contribution in [3.05, 3.63) is 23.0 Å². The summed E-state index contributed by atoms with van der Waals surface area (Å²) < 4.78 is 38.1. The van der Waals surface area contributed by atoms with E-state index in [2.05, 4.69) is 4.98 Å². The topological polar surface area (TPSA) is 53.4 Å². The van der Waals surface area contributed by atoms with Crippen LogP contribution in [-0.2, 0) is 6.18 Å². The molecule has 1 heterocycles. The summed E-state index contributed by atoms with van der Waals surface area (Å²) in [6, 6.07) is 0.675. The molecular formula is C11H12ClF3N2O2. The highest BCUT2D eigenvalue weighted by atomic mass is 35.5. The van der Waals surface area contributed by atoms with Crippen LogP contribution >= 0.6 is 11.6 Å². The monoisotopic (exact) mass is 296 g/mol. The van der Waals surface area contributed by atoms with E-state index in [1.807, 2.05) is 0 Å². The van der Waals surface area contributed by atoms with Gasteiger partial charge in [-0.25, -0.2) is 9.78 Å². The van der Waals surface area contributed by atoms with Crippen LogP contribution in [0.5, 0.6) is 0 Å². The van der Waals surface area contributed by atoms with Gasteiger partial charge in [-0.15, -0.1) is 0 Å². The van der Waals surface area contributed by atoms with Crippen LogP contribution in [0.25, 0.3) is 0 Å². The Morgan fingerprint density at radius 2 is 1.89 bits per heavy atom. The predicted octanol–water partition coefficient (Wildman–Crippen LogP) is 4.04. The van der Waals surface area contributed by atoms with Gasteiger partial charge in [-0.05, 0) is 26.8 Å². The first-order valence-corrected chi connectivity index (χ1v) is 5.58. The molecule has 19 heavy (non-hydrogen) atoms. The molecule has 0 bridgehead atoms. The smallest absolute Gasteiger partial charge is 0.419 e. The molecule has 4 nitrogen and oxygen atoms in total. The molecule has 0 saturated carbocycles. The lowest BCUT2D eigenvalue weighted by Gasteiger charge is -2.33. The van der Waals surface area contributed by atoms with Gasteiger partial charge < -0.3 is 5.11 Å². The second kappa shape index (κ2) is 4.88. The van der Waals surface area contributed by atoms with Crippen molar-refractivity contribution in [2.45, 2.75) is 32.5 Å². The summed E-state index contributed by atoms with van der Waals surface area (Å²) in [5, 5.41) is 8.40. The molecule has 0 aliphatic rings. The van der Waals surface area contributed by atoms with Gasteiger partial charge >= 0.3 is 12.3 Å². The molecule has 0 unspecified atom stereocenters. The molecule has 0 spiro atoms. The van der Waals surface area contributed by atoms with Gasteiger partial charge in [0.25, 0.3) is 0 Å². The highest BCUT2D eigenvalue weighted by molar-refractivity contribution is 6.30. The van der Waals surface area contributed by atoms with Gasteiger partial charge in [0.1, 0.15) is 5.15 Å². The van der Waals surface area contributed by atoms with Crippen molar-refractivity contribution in [3.8, 4) is 0 Å². The molecule has 1 rings (SSSR count). The van der Waals surface area contributed by atoms with E-state index >= 15 is 0 Å². The van der Waals surface area contributed by atoms with E-state index in [0.29, 0.717) is 6.07 Å². The van der Waals surface area contributed by atoms with Crippen LogP contribution in [-0.4, -0.2) is 21.7 Å². The van der Waals surface area contributed by atoms with Crippen molar-refractivity contribution >= 4 is 23.4 Å². The van der Waals surface area contributed by atoms with Crippen molar-refractivity contribution < 1.29 is 23.1 Å². The summed E-state index contributed by atoms with van der Waals surface area (Å²) in [4.78, 5) is 15.4. The predicted molar refractivity (Wildman–Crippen MR) is 64.5 cm³/mol. The Morgan fingerprint density at radius 1 is 1.37 bits per heavy atom. The second-order valence-corrected chi connectivity index (χ2v) is 5.18. The number of amides is 1. The normalized spacial score (nSPS) is 12.4. The number of halogens is 4. The van der Waals surface area contributed by atoms with Gasteiger partial charge in [0, 0.05) is 5.54 Å².